The number of anilines is 6. The zero-order chi connectivity index (χ0) is 36.6. The first-order valence-corrected chi connectivity index (χ1v) is 18.4. The molecule has 10 rings (SSSR count). The molecule has 0 saturated carbocycles. The molecule has 0 amide bonds. The predicted octanol–water partition coefficient (Wildman–Crippen LogP) is 13.7. The van der Waals surface area contributed by atoms with Crippen LogP contribution in [0.3, 0.4) is 0 Å². The topological polar surface area (TPSA) is 45.4 Å². The number of para-hydroxylation sites is 5. The summed E-state index contributed by atoms with van der Waals surface area (Å²) in [5, 5.41) is 8.61. The highest BCUT2D eigenvalue weighted by Crippen LogP contribution is 2.54. The molecule has 1 aromatic heterocycles. The Morgan fingerprint density at radius 1 is 0.273 bits per heavy atom. The SMILES string of the molecule is c1ccc(-c2nnc(-c3ccc(-c4ccccc4-c4ccccc4-c4ccc(N5c6ccccc6N(c6ccccc6)c6ccccc65)cc4)cc3)o2)cc1. The fourth-order valence-electron chi connectivity index (χ4n) is 7.64. The van der Waals surface area contributed by atoms with Crippen LogP contribution in [0.25, 0.3) is 56.3 Å². The molecule has 0 saturated heterocycles. The second-order valence-electron chi connectivity index (χ2n) is 13.5. The Morgan fingerprint density at radius 2 is 0.600 bits per heavy atom. The molecule has 0 fully saturated rings. The van der Waals surface area contributed by atoms with Crippen LogP contribution >= 0.6 is 0 Å². The lowest BCUT2D eigenvalue weighted by Gasteiger charge is -2.40. The van der Waals surface area contributed by atoms with Gasteiger partial charge in [-0.1, -0.05) is 133 Å². The van der Waals surface area contributed by atoms with Crippen molar-refractivity contribution in [1.82, 2.24) is 10.2 Å². The zero-order valence-electron chi connectivity index (χ0n) is 29.8. The summed E-state index contributed by atoms with van der Waals surface area (Å²) in [6.07, 6.45) is 0. The van der Waals surface area contributed by atoms with E-state index in [1.807, 2.05) is 30.3 Å². The third-order valence-electron chi connectivity index (χ3n) is 10.2. The molecule has 5 nitrogen and oxygen atoms in total. The van der Waals surface area contributed by atoms with E-state index in [1.54, 1.807) is 0 Å². The van der Waals surface area contributed by atoms with E-state index in [2.05, 4.69) is 196 Å². The van der Waals surface area contributed by atoms with Crippen molar-refractivity contribution in [2.45, 2.75) is 0 Å². The lowest BCUT2D eigenvalue weighted by atomic mass is 9.89. The molecular formula is C50H34N4O. The molecule has 8 aromatic carbocycles. The molecule has 9 aromatic rings. The molecule has 1 aliphatic heterocycles. The number of benzene rings is 8. The lowest BCUT2D eigenvalue weighted by molar-refractivity contribution is 0.584. The summed E-state index contributed by atoms with van der Waals surface area (Å²) in [7, 11) is 0. The minimum absolute atomic E-state index is 0.498. The Kier molecular flexibility index (Phi) is 8.08. The number of hydrogen-bond donors (Lipinski definition) is 0. The molecule has 0 atom stereocenters. The average Bonchev–Trinajstić information content (AvgIpc) is 3.77. The normalized spacial score (nSPS) is 11.9. The third kappa shape index (κ3) is 5.85. The van der Waals surface area contributed by atoms with Crippen molar-refractivity contribution >= 4 is 34.1 Å². The largest absolute Gasteiger partial charge is 0.416 e. The van der Waals surface area contributed by atoms with Gasteiger partial charge in [-0.2, -0.15) is 0 Å². The summed E-state index contributed by atoms with van der Waals surface area (Å²) >= 11 is 0. The summed E-state index contributed by atoms with van der Waals surface area (Å²) in [5.41, 5.74) is 15.5. The van der Waals surface area contributed by atoms with Crippen LogP contribution in [0.4, 0.5) is 34.1 Å². The van der Waals surface area contributed by atoms with Gasteiger partial charge in [-0.15, -0.1) is 10.2 Å². The number of rotatable bonds is 7. The summed E-state index contributed by atoms with van der Waals surface area (Å²) in [6, 6.07) is 72.3. The van der Waals surface area contributed by atoms with Gasteiger partial charge in [0.15, 0.2) is 0 Å². The van der Waals surface area contributed by atoms with Crippen LogP contribution in [0, 0.1) is 0 Å². The fourth-order valence-corrected chi connectivity index (χ4v) is 7.64. The summed E-state index contributed by atoms with van der Waals surface area (Å²) in [5.74, 6) is 1.01. The van der Waals surface area contributed by atoms with Crippen molar-refractivity contribution in [3.63, 3.8) is 0 Å². The first-order chi connectivity index (χ1) is 27.3. The molecule has 0 bridgehead atoms. The molecule has 55 heavy (non-hydrogen) atoms. The fraction of sp³-hybridized carbons (Fsp3) is 0. The Labute approximate surface area is 320 Å². The number of hydrogen-bond acceptors (Lipinski definition) is 5. The van der Waals surface area contributed by atoms with E-state index in [9.17, 15) is 0 Å². The van der Waals surface area contributed by atoms with Gasteiger partial charge < -0.3 is 14.2 Å². The van der Waals surface area contributed by atoms with Gasteiger partial charge in [-0.3, -0.25) is 0 Å². The lowest BCUT2D eigenvalue weighted by Crippen LogP contribution is -2.23. The molecule has 260 valence electrons. The Hall–Kier alpha value is -7.50. The van der Waals surface area contributed by atoms with E-state index in [1.165, 1.54) is 16.7 Å². The van der Waals surface area contributed by atoms with Gasteiger partial charge in [-0.05, 0) is 106 Å². The molecule has 0 N–H and O–H groups in total. The maximum Gasteiger partial charge on any atom is 0.248 e. The molecule has 0 unspecified atom stereocenters. The summed E-state index contributed by atoms with van der Waals surface area (Å²) in [4.78, 5) is 4.72. The highest BCUT2D eigenvalue weighted by atomic mass is 16.4. The van der Waals surface area contributed by atoms with Crippen LogP contribution in [0.1, 0.15) is 0 Å². The van der Waals surface area contributed by atoms with Gasteiger partial charge in [0, 0.05) is 22.5 Å². The number of nitrogens with zero attached hydrogens (tertiary/aromatic N) is 4. The van der Waals surface area contributed by atoms with Crippen molar-refractivity contribution in [3.05, 3.63) is 206 Å². The van der Waals surface area contributed by atoms with E-state index in [0.717, 1.165) is 61.9 Å². The van der Waals surface area contributed by atoms with Crippen LogP contribution in [0.15, 0.2) is 211 Å². The Balaban J connectivity index is 0.984. The van der Waals surface area contributed by atoms with E-state index < -0.39 is 0 Å². The molecule has 0 spiro atoms. The predicted molar refractivity (Wildman–Crippen MR) is 224 cm³/mol. The second-order valence-corrected chi connectivity index (χ2v) is 13.5. The molecule has 2 heterocycles. The van der Waals surface area contributed by atoms with Crippen molar-refractivity contribution < 1.29 is 4.42 Å². The number of fused-ring (bicyclic) bond motifs is 2. The van der Waals surface area contributed by atoms with Gasteiger partial charge in [0.25, 0.3) is 0 Å². The highest BCUT2D eigenvalue weighted by molar-refractivity contribution is 6.01. The van der Waals surface area contributed by atoms with Crippen LogP contribution in [0.5, 0.6) is 0 Å². The molecule has 1 aliphatic rings. The number of aromatic nitrogens is 2. The monoisotopic (exact) mass is 706 g/mol. The first-order valence-electron chi connectivity index (χ1n) is 18.4. The van der Waals surface area contributed by atoms with Gasteiger partial charge >= 0.3 is 0 Å². The molecule has 0 aliphatic carbocycles. The smallest absolute Gasteiger partial charge is 0.248 e. The van der Waals surface area contributed by atoms with Crippen molar-refractivity contribution in [3.8, 4) is 56.3 Å². The van der Waals surface area contributed by atoms with Crippen molar-refractivity contribution in [2.75, 3.05) is 9.80 Å². The van der Waals surface area contributed by atoms with E-state index >= 15 is 0 Å². The van der Waals surface area contributed by atoms with Crippen LogP contribution < -0.4 is 9.80 Å². The van der Waals surface area contributed by atoms with Crippen molar-refractivity contribution in [1.29, 1.82) is 0 Å². The third-order valence-corrected chi connectivity index (χ3v) is 10.2. The minimum atomic E-state index is 0.498. The molecule has 0 radical (unpaired) electrons. The van der Waals surface area contributed by atoms with E-state index in [0.29, 0.717) is 11.8 Å². The van der Waals surface area contributed by atoms with Gasteiger partial charge in [0.05, 0.1) is 22.7 Å². The van der Waals surface area contributed by atoms with E-state index in [4.69, 9.17) is 4.42 Å². The first kappa shape index (κ1) is 32.2. The van der Waals surface area contributed by atoms with Gasteiger partial charge in [0.2, 0.25) is 11.8 Å². The van der Waals surface area contributed by atoms with Gasteiger partial charge in [-0.25, -0.2) is 0 Å². The van der Waals surface area contributed by atoms with Gasteiger partial charge in [0.1, 0.15) is 0 Å². The Morgan fingerprint density at radius 3 is 1.07 bits per heavy atom. The molecule has 5 heteroatoms. The van der Waals surface area contributed by atoms with Crippen LogP contribution in [-0.4, -0.2) is 10.2 Å². The van der Waals surface area contributed by atoms with E-state index in [-0.39, 0.29) is 0 Å². The highest BCUT2D eigenvalue weighted by Gasteiger charge is 2.30. The quantitative estimate of drug-likeness (QED) is 0.165. The maximum atomic E-state index is 6.04. The minimum Gasteiger partial charge on any atom is -0.416 e. The molecular weight excluding hydrogens is 673 g/mol. The summed E-state index contributed by atoms with van der Waals surface area (Å²) < 4.78 is 6.04. The van der Waals surface area contributed by atoms with Crippen molar-refractivity contribution in [2.24, 2.45) is 0 Å². The summed E-state index contributed by atoms with van der Waals surface area (Å²) in [6.45, 7) is 0. The van der Waals surface area contributed by atoms with Crippen LogP contribution in [0.2, 0.25) is 0 Å². The average molecular weight is 707 g/mol. The Bertz CT molecular complexity index is 2710. The maximum absolute atomic E-state index is 6.04. The van der Waals surface area contributed by atoms with Crippen LogP contribution in [-0.2, 0) is 0 Å². The zero-order valence-corrected chi connectivity index (χ0v) is 29.8. The second kappa shape index (κ2) is 13.8. The standard InChI is InChI=1S/C50H34N4O/c1-3-15-37(16-4-1)49-51-52-50(55-49)38-29-27-35(28-30-38)41-19-7-9-21-43(41)44-22-10-8-20-42(44)36-31-33-40(34-32-36)54-47-25-13-11-23-45(47)53(39-17-5-2-6-18-39)46-24-12-14-26-48(46)54/h1-34H.